The van der Waals surface area contributed by atoms with Crippen molar-refractivity contribution >= 4 is 12.0 Å². The number of hydrogen-bond donors (Lipinski definition) is 1. The molecular formula is C15H28N2O3. The summed E-state index contributed by atoms with van der Waals surface area (Å²) in [6, 6.07) is 0.215. The van der Waals surface area contributed by atoms with Crippen LogP contribution in [0.25, 0.3) is 0 Å². The molecule has 5 heteroatoms. The number of nitrogens with zero attached hydrogens (tertiary/aromatic N) is 2. The van der Waals surface area contributed by atoms with Crippen LogP contribution < -0.4 is 0 Å². The van der Waals surface area contributed by atoms with Crippen LogP contribution in [0.2, 0.25) is 0 Å². The molecule has 1 N–H and O–H groups in total. The van der Waals surface area contributed by atoms with Gasteiger partial charge in [0.05, 0.1) is 5.41 Å². The van der Waals surface area contributed by atoms with Gasteiger partial charge >= 0.3 is 12.0 Å². The molecule has 0 aromatic carbocycles. The van der Waals surface area contributed by atoms with E-state index in [2.05, 4.69) is 0 Å². The molecule has 0 radical (unpaired) electrons. The number of carboxylic acids is 1. The second kappa shape index (κ2) is 6.95. The lowest BCUT2D eigenvalue weighted by molar-refractivity contribution is -0.152. The van der Waals surface area contributed by atoms with Crippen molar-refractivity contribution in [3.63, 3.8) is 0 Å². The molecule has 0 aromatic heterocycles. The Balaban J connectivity index is 2.69. The quantitative estimate of drug-likeness (QED) is 0.844. The topological polar surface area (TPSA) is 60.9 Å². The van der Waals surface area contributed by atoms with Gasteiger partial charge in [-0.05, 0) is 40.0 Å². The van der Waals surface area contributed by atoms with Crippen molar-refractivity contribution in [2.45, 2.75) is 59.4 Å². The van der Waals surface area contributed by atoms with Gasteiger partial charge in [0.2, 0.25) is 0 Å². The lowest BCUT2D eigenvalue weighted by atomic mass is 9.75. The Morgan fingerprint density at radius 1 is 1.25 bits per heavy atom. The molecule has 0 aromatic rings. The SMILES string of the molecule is CCCC1(C(=O)O)CCN(C(=O)N(CC)C(C)C)CC1. The van der Waals surface area contributed by atoms with Crippen molar-refractivity contribution in [1.29, 1.82) is 0 Å². The Kier molecular flexibility index (Phi) is 5.84. The third-order valence-electron chi connectivity index (χ3n) is 4.38. The molecule has 1 aliphatic heterocycles. The highest BCUT2D eigenvalue weighted by atomic mass is 16.4. The Hall–Kier alpha value is -1.26. The van der Waals surface area contributed by atoms with Gasteiger partial charge < -0.3 is 14.9 Å². The van der Waals surface area contributed by atoms with E-state index in [4.69, 9.17) is 0 Å². The highest BCUT2D eigenvalue weighted by molar-refractivity contribution is 5.77. The summed E-state index contributed by atoms with van der Waals surface area (Å²) in [6.07, 6.45) is 2.70. The minimum Gasteiger partial charge on any atom is -0.481 e. The van der Waals surface area contributed by atoms with Crippen LogP contribution in [0.5, 0.6) is 0 Å². The van der Waals surface area contributed by atoms with Gasteiger partial charge in [-0.3, -0.25) is 4.79 Å². The van der Waals surface area contributed by atoms with E-state index in [1.165, 1.54) is 0 Å². The molecule has 1 rings (SSSR count). The molecule has 0 unspecified atom stereocenters. The van der Waals surface area contributed by atoms with Crippen LogP contribution in [-0.4, -0.2) is 52.6 Å². The number of carbonyl (C=O) groups excluding carboxylic acids is 1. The maximum Gasteiger partial charge on any atom is 0.320 e. The van der Waals surface area contributed by atoms with E-state index < -0.39 is 11.4 Å². The fourth-order valence-electron chi connectivity index (χ4n) is 3.08. The average molecular weight is 284 g/mol. The molecule has 0 atom stereocenters. The molecule has 2 amide bonds. The van der Waals surface area contributed by atoms with E-state index in [0.29, 0.717) is 38.9 Å². The molecule has 0 bridgehead atoms. The van der Waals surface area contributed by atoms with Crippen LogP contribution in [0.1, 0.15) is 53.4 Å². The Labute approximate surface area is 121 Å². The second-order valence-electron chi connectivity index (χ2n) is 5.98. The Bertz CT molecular complexity index is 347. The smallest absolute Gasteiger partial charge is 0.320 e. The minimum atomic E-state index is -0.706. The van der Waals surface area contributed by atoms with E-state index in [0.717, 1.165) is 6.42 Å². The number of piperidine rings is 1. The van der Waals surface area contributed by atoms with E-state index in [9.17, 15) is 14.7 Å². The zero-order valence-corrected chi connectivity index (χ0v) is 13.2. The predicted octanol–water partition coefficient (Wildman–Crippen LogP) is 2.80. The summed E-state index contributed by atoms with van der Waals surface area (Å²) in [7, 11) is 0. The van der Waals surface area contributed by atoms with Crippen LogP contribution in [0.3, 0.4) is 0 Å². The van der Waals surface area contributed by atoms with Crippen molar-refractivity contribution in [3.8, 4) is 0 Å². The van der Waals surface area contributed by atoms with Crippen LogP contribution in [0.4, 0.5) is 4.79 Å². The summed E-state index contributed by atoms with van der Waals surface area (Å²) in [4.78, 5) is 27.6. The van der Waals surface area contributed by atoms with Crippen molar-refractivity contribution < 1.29 is 14.7 Å². The highest BCUT2D eigenvalue weighted by Crippen LogP contribution is 2.36. The normalized spacial score (nSPS) is 18.1. The number of carbonyl (C=O) groups is 2. The summed E-state index contributed by atoms with van der Waals surface area (Å²) < 4.78 is 0. The van der Waals surface area contributed by atoms with Gasteiger partial charge in [0.1, 0.15) is 0 Å². The molecule has 1 saturated heterocycles. The lowest BCUT2D eigenvalue weighted by Gasteiger charge is -2.41. The monoisotopic (exact) mass is 284 g/mol. The number of aliphatic carboxylic acids is 1. The number of rotatable bonds is 5. The Morgan fingerprint density at radius 2 is 1.80 bits per heavy atom. The molecular weight excluding hydrogens is 256 g/mol. The molecule has 20 heavy (non-hydrogen) atoms. The van der Waals surface area contributed by atoms with Gasteiger partial charge in [0.15, 0.2) is 0 Å². The van der Waals surface area contributed by atoms with Crippen LogP contribution in [-0.2, 0) is 4.79 Å². The second-order valence-corrected chi connectivity index (χ2v) is 5.98. The number of carboxylic acid groups (broad SMARTS) is 1. The molecule has 5 nitrogen and oxygen atoms in total. The Morgan fingerprint density at radius 3 is 2.15 bits per heavy atom. The summed E-state index contributed by atoms with van der Waals surface area (Å²) in [6.45, 7) is 9.78. The van der Waals surface area contributed by atoms with E-state index >= 15 is 0 Å². The van der Waals surface area contributed by atoms with Gasteiger partial charge in [-0.1, -0.05) is 13.3 Å². The summed E-state index contributed by atoms with van der Waals surface area (Å²) in [5, 5.41) is 9.47. The number of urea groups is 1. The first-order valence-corrected chi connectivity index (χ1v) is 7.67. The van der Waals surface area contributed by atoms with Gasteiger partial charge in [-0.15, -0.1) is 0 Å². The van der Waals surface area contributed by atoms with E-state index in [1.807, 2.05) is 32.6 Å². The van der Waals surface area contributed by atoms with Crippen molar-refractivity contribution in [2.24, 2.45) is 5.41 Å². The lowest BCUT2D eigenvalue weighted by Crippen LogP contribution is -2.52. The number of likely N-dealkylation sites (tertiary alicyclic amines) is 1. The zero-order valence-electron chi connectivity index (χ0n) is 13.2. The summed E-state index contributed by atoms with van der Waals surface area (Å²) in [5.74, 6) is -0.706. The van der Waals surface area contributed by atoms with E-state index in [-0.39, 0.29) is 12.1 Å². The van der Waals surface area contributed by atoms with Gasteiger partial charge in [-0.25, -0.2) is 4.79 Å². The number of amides is 2. The average Bonchev–Trinajstić information content (AvgIpc) is 2.39. The molecule has 1 aliphatic rings. The largest absolute Gasteiger partial charge is 0.481 e. The third kappa shape index (κ3) is 3.44. The molecule has 0 aliphatic carbocycles. The van der Waals surface area contributed by atoms with Gasteiger partial charge in [0, 0.05) is 25.7 Å². The molecule has 1 fully saturated rings. The first-order valence-electron chi connectivity index (χ1n) is 7.67. The molecule has 1 heterocycles. The highest BCUT2D eigenvalue weighted by Gasteiger charge is 2.42. The molecule has 0 spiro atoms. The summed E-state index contributed by atoms with van der Waals surface area (Å²) in [5.41, 5.74) is -0.625. The van der Waals surface area contributed by atoms with Gasteiger partial charge in [0.25, 0.3) is 0 Å². The van der Waals surface area contributed by atoms with Gasteiger partial charge in [-0.2, -0.15) is 0 Å². The zero-order chi connectivity index (χ0) is 15.3. The van der Waals surface area contributed by atoms with Crippen LogP contribution in [0, 0.1) is 5.41 Å². The fraction of sp³-hybridized carbons (Fsp3) is 0.867. The first kappa shape index (κ1) is 16.8. The van der Waals surface area contributed by atoms with Crippen LogP contribution >= 0.6 is 0 Å². The minimum absolute atomic E-state index is 0.0398. The standard InChI is InChI=1S/C15H28N2O3/c1-5-7-15(13(18)19)8-10-16(11-9-15)14(20)17(6-2)12(3)4/h12H,5-11H2,1-4H3,(H,18,19). The third-order valence-corrected chi connectivity index (χ3v) is 4.38. The van der Waals surface area contributed by atoms with Crippen molar-refractivity contribution in [3.05, 3.63) is 0 Å². The molecule has 0 saturated carbocycles. The summed E-state index contributed by atoms with van der Waals surface area (Å²) >= 11 is 0. The first-order chi connectivity index (χ1) is 9.38. The maximum atomic E-state index is 12.4. The van der Waals surface area contributed by atoms with E-state index in [1.54, 1.807) is 4.90 Å². The van der Waals surface area contributed by atoms with Crippen molar-refractivity contribution in [1.82, 2.24) is 9.80 Å². The van der Waals surface area contributed by atoms with Crippen molar-refractivity contribution in [2.75, 3.05) is 19.6 Å². The van der Waals surface area contributed by atoms with Crippen LogP contribution in [0.15, 0.2) is 0 Å². The maximum absolute atomic E-state index is 12.4. The number of hydrogen-bond acceptors (Lipinski definition) is 2. The fourth-order valence-corrected chi connectivity index (χ4v) is 3.08. The molecule has 116 valence electrons. The predicted molar refractivity (Wildman–Crippen MR) is 78.7 cm³/mol.